The van der Waals surface area contributed by atoms with E-state index in [1.54, 1.807) is 18.9 Å². The van der Waals surface area contributed by atoms with Crippen molar-refractivity contribution in [2.75, 3.05) is 21.3 Å². The lowest BCUT2D eigenvalue weighted by atomic mass is 9.92. The van der Waals surface area contributed by atoms with Gasteiger partial charge in [0.1, 0.15) is 0 Å². The first-order valence-corrected chi connectivity index (χ1v) is 9.26. The van der Waals surface area contributed by atoms with Crippen LogP contribution in [0.3, 0.4) is 0 Å². The quantitative estimate of drug-likeness (QED) is 0.716. The molecule has 3 amide bonds. The zero-order valence-corrected chi connectivity index (χ0v) is 16.6. The molecule has 0 unspecified atom stereocenters. The number of hydrogen-bond acceptors (Lipinski definition) is 4. The Morgan fingerprint density at radius 2 is 1.36 bits per heavy atom. The Hall–Kier alpha value is -2.70. The predicted molar refractivity (Wildman–Crippen MR) is 105 cm³/mol. The Kier molecular flexibility index (Phi) is 6.11. The monoisotopic (exact) mass is 382 g/mol. The fraction of sp³-hybridized carbons (Fsp3) is 0.364. The van der Waals surface area contributed by atoms with Gasteiger partial charge in [0.05, 0.1) is 18.0 Å². The molecule has 1 heterocycles. The summed E-state index contributed by atoms with van der Waals surface area (Å²) in [4.78, 5) is 29.5. The molecule has 3 rings (SSSR count). The lowest BCUT2D eigenvalue weighted by molar-refractivity contribution is -0.162. The number of carbonyl (C=O) groups is 2. The van der Waals surface area contributed by atoms with E-state index in [1.807, 2.05) is 60.7 Å². The summed E-state index contributed by atoms with van der Waals surface area (Å²) in [7, 11) is 4.70. The third-order valence-electron chi connectivity index (χ3n) is 5.28. The van der Waals surface area contributed by atoms with Gasteiger partial charge in [-0.05, 0) is 18.1 Å². The maximum absolute atomic E-state index is 13.3. The number of ether oxygens (including phenoxy) is 2. The largest absolute Gasteiger partial charge is 0.355 e. The van der Waals surface area contributed by atoms with E-state index in [1.165, 1.54) is 19.1 Å². The molecule has 3 atom stereocenters. The van der Waals surface area contributed by atoms with Gasteiger partial charge in [-0.3, -0.25) is 9.69 Å². The molecule has 1 saturated heterocycles. The maximum atomic E-state index is 13.3. The number of urea groups is 1. The lowest BCUT2D eigenvalue weighted by Crippen LogP contribution is -2.43. The Balaban J connectivity index is 2.07. The van der Waals surface area contributed by atoms with Gasteiger partial charge < -0.3 is 14.4 Å². The van der Waals surface area contributed by atoms with Gasteiger partial charge >= 0.3 is 6.03 Å². The number of benzene rings is 2. The minimum atomic E-state index is -0.724. The van der Waals surface area contributed by atoms with Crippen LogP contribution in [0.15, 0.2) is 60.7 Å². The Morgan fingerprint density at radius 3 is 1.82 bits per heavy atom. The van der Waals surface area contributed by atoms with Crippen LogP contribution in [0.25, 0.3) is 0 Å². The summed E-state index contributed by atoms with van der Waals surface area (Å²) in [6.45, 7) is 1.71. The molecule has 1 aliphatic heterocycles. The predicted octanol–water partition coefficient (Wildman–Crippen LogP) is 3.62. The number of rotatable bonds is 6. The van der Waals surface area contributed by atoms with Gasteiger partial charge in [-0.2, -0.15) is 0 Å². The SMILES string of the molecule is COC(OC)[C@H](C)C(=O)N1C(=O)N(C)[C@@H](c2ccccc2)[C@@H]1c1ccccc1. The molecule has 1 aliphatic rings. The zero-order chi connectivity index (χ0) is 20.3. The van der Waals surface area contributed by atoms with Gasteiger partial charge in [-0.15, -0.1) is 0 Å². The average molecular weight is 382 g/mol. The van der Waals surface area contributed by atoms with E-state index in [9.17, 15) is 9.59 Å². The number of imide groups is 1. The third kappa shape index (κ3) is 3.53. The lowest BCUT2D eigenvalue weighted by Gasteiger charge is -2.30. The van der Waals surface area contributed by atoms with Gasteiger partial charge in [0.2, 0.25) is 5.91 Å². The van der Waals surface area contributed by atoms with Crippen molar-refractivity contribution in [3.8, 4) is 0 Å². The Morgan fingerprint density at radius 1 is 0.893 bits per heavy atom. The van der Waals surface area contributed by atoms with Crippen LogP contribution in [-0.2, 0) is 14.3 Å². The maximum Gasteiger partial charge on any atom is 0.327 e. The van der Waals surface area contributed by atoms with Crippen LogP contribution < -0.4 is 0 Å². The summed E-state index contributed by atoms with van der Waals surface area (Å²) < 4.78 is 10.5. The second-order valence-corrected chi connectivity index (χ2v) is 6.94. The molecule has 148 valence electrons. The summed E-state index contributed by atoms with van der Waals surface area (Å²) in [6, 6.07) is 18.4. The molecule has 2 aromatic carbocycles. The fourth-order valence-electron chi connectivity index (χ4n) is 3.87. The first-order chi connectivity index (χ1) is 13.5. The summed E-state index contributed by atoms with van der Waals surface area (Å²) in [5, 5.41) is 0. The molecule has 0 aromatic heterocycles. The van der Waals surface area contributed by atoms with E-state index in [0.29, 0.717) is 0 Å². The van der Waals surface area contributed by atoms with Crippen molar-refractivity contribution in [1.29, 1.82) is 0 Å². The second kappa shape index (κ2) is 8.54. The van der Waals surface area contributed by atoms with Crippen molar-refractivity contribution >= 4 is 11.9 Å². The first-order valence-electron chi connectivity index (χ1n) is 9.26. The molecule has 0 bridgehead atoms. The smallest absolute Gasteiger partial charge is 0.327 e. The van der Waals surface area contributed by atoms with Crippen molar-refractivity contribution in [1.82, 2.24) is 9.80 Å². The molecule has 1 fully saturated rings. The molecule has 0 saturated carbocycles. The van der Waals surface area contributed by atoms with Gasteiger partial charge in [0.15, 0.2) is 6.29 Å². The van der Waals surface area contributed by atoms with Crippen LogP contribution in [-0.4, -0.2) is 49.3 Å². The fourth-order valence-corrected chi connectivity index (χ4v) is 3.87. The highest BCUT2D eigenvalue weighted by Gasteiger charge is 2.50. The molecule has 2 aromatic rings. The topological polar surface area (TPSA) is 59.1 Å². The van der Waals surface area contributed by atoms with Crippen LogP contribution in [0.2, 0.25) is 0 Å². The summed E-state index contributed by atoms with van der Waals surface area (Å²) in [5.74, 6) is -0.953. The van der Waals surface area contributed by atoms with E-state index in [4.69, 9.17) is 9.47 Å². The highest BCUT2D eigenvalue weighted by Crippen LogP contribution is 2.44. The van der Waals surface area contributed by atoms with Crippen LogP contribution in [0.4, 0.5) is 4.79 Å². The van der Waals surface area contributed by atoms with Crippen LogP contribution in [0, 0.1) is 5.92 Å². The number of likely N-dealkylation sites (N-methyl/N-ethyl adjacent to an activating group) is 1. The van der Waals surface area contributed by atoms with Crippen LogP contribution in [0.1, 0.15) is 30.1 Å². The number of nitrogens with zero attached hydrogens (tertiary/aromatic N) is 2. The Labute approximate surface area is 165 Å². The van der Waals surface area contributed by atoms with Crippen molar-refractivity contribution in [3.05, 3.63) is 71.8 Å². The van der Waals surface area contributed by atoms with Crippen molar-refractivity contribution in [2.24, 2.45) is 5.92 Å². The van der Waals surface area contributed by atoms with Gasteiger partial charge in [-0.1, -0.05) is 60.7 Å². The number of methoxy groups -OCH3 is 2. The normalized spacial score (nSPS) is 20.7. The van der Waals surface area contributed by atoms with E-state index >= 15 is 0 Å². The average Bonchev–Trinajstić information content (AvgIpc) is 3.00. The van der Waals surface area contributed by atoms with Gasteiger partial charge in [0, 0.05) is 21.3 Å². The van der Waals surface area contributed by atoms with Crippen LogP contribution >= 0.6 is 0 Å². The standard InChI is InChI=1S/C22H26N2O4/c1-15(21(27-3)28-4)20(25)24-19(17-13-9-6-10-14-17)18(23(2)22(24)26)16-11-7-5-8-12-16/h5-15,18-19,21H,1-4H3/t15-,18+,19+/m1/s1. The Bertz CT molecular complexity index is 808. The molecule has 0 spiro atoms. The van der Waals surface area contributed by atoms with Gasteiger partial charge in [-0.25, -0.2) is 4.79 Å². The zero-order valence-electron chi connectivity index (χ0n) is 16.6. The van der Waals surface area contributed by atoms with Crippen molar-refractivity contribution in [3.63, 3.8) is 0 Å². The number of amides is 3. The molecule has 28 heavy (non-hydrogen) atoms. The first kappa shape index (κ1) is 20.0. The second-order valence-electron chi connectivity index (χ2n) is 6.94. The third-order valence-corrected chi connectivity index (χ3v) is 5.28. The molecule has 6 nitrogen and oxygen atoms in total. The van der Waals surface area contributed by atoms with Crippen molar-refractivity contribution in [2.45, 2.75) is 25.3 Å². The molecule has 0 N–H and O–H groups in total. The molecular formula is C22H26N2O4. The molecule has 0 aliphatic carbocycles. The highest BCUT2D eigenvalue weighted by atomic mass is 16.7. The van der Waals surface area contributed by atoms with E-state index in [2.05, 4.69) is 0 Å². The molecule has 6 heteroatoms. The van der Waals surface area contributed by atoms with E-state index < -0.39 is 18.2 Å². The van der Waals surface area contributed by atoms with E-state index in [0.717, 1.165) is 11.1 Å². The number of hydrogen-bond donors (Lipinski definition) is 0. The van der Waals surface area contributed by atoms with E-state index in [-0.39, 0.29) is 18.0 Å². The van der Waals surface area contributed by atoms with Crippen LogP contribution in [0.5, 0.6) is 0 Å². The number of carbonyl (C=O) groups excluding carboxylic acids is 2. The highest BCUT2D eigenvalue weighted by molar-refractivity contribution is 5.98. The van der Waals surface area contributed by atoms with Gasteiger partial charge in [0.25, 0.3) is 0 Å². The minimum Gasteiger partial charge on any atom is -0.355 e. The molecular weight excluding hydrogens is 356 g/mol. The minimum absolute atomic E-state index is 0.282. The summed E-state index contributed by atoms with van der Waals surface area (Å²) >= 11 is 0. The summed E-state index contributed by atoms with van der Waals surface area (Å²) in [6.07, 6.45) is -0.724. The van der Waals surface area contributed by atoms with Crippen molar-refractivity contribution < 1.29 is 19.1 Å². The molecule has 0 radical (unpaired) electrons. The summed E-state index contributed by atoms with van der Waals surface area (Å²) in [5.41, 5.74) is 1.88.